The zero-order valence-electron chi connectivity index (χ0n) is 10.8. The van der Waals surface area contributed by atoms with Gasteiger partial charge in [-0.05, 0) is 73.1 Å². The zero-order valence-corrected chi connectivity index (χ0v) is 12.4. The van der Waals surface area contributed by atoms with E-state index < -0.39 is 0 Å². The van der Waals surface area contributed by atoms with E-state index in [1.165, 1.54) is 19.3 Å². The standard InChI is InChI=1S/C16H18BrNO/c17-12-3-1-9(2-4-12)16(19)18-8-11-5-10-6-13(11)15-7-14(10)15/h1-4,10-11,13-15H,5-8H2,(H,18,19)/t10-,11-,13+,14+,15+/m0/s1. The molecule has 0 spiro atoms. The minimum atomic E-state index is 0.0719. The van der Waals surface area contributed by atoms with Crippen molar-refractivity contribution in [3.8, 4) is 0 Å². The Balaban J connectivity index is 1.35. The molecule has 2 bridgehead atoms. The summed E-state index contributed by atoms with van der Waals surface area (Å²) in [5.41, 5.74) is 0.760. The predicted octanol–water partition coefficient (Wildman–Crippen LogP) is 3.47. The summed E-state index contributed by atoms with van der Waals surface area (Å²) in [4.78, 5) is 12.1. The summed E-state index contributed by atoms with van der Waals surface area (Å²) in [5, 5.41) is 3.13. The molecule has 0 heterocycles. The van der Waals surface area contributed by atoms with Crippen molar-refractivity contribution in [2.24, 2.45) is 29.6 Å². The lowest BCUT2D eigenvalue weighted by atomic mass is 9.88. The van der Waals surface area contributed by atoms with Crippen molar-refractivity contribution >= 4 is 21.8 Å². The van der Waals surface area contributed by atoms with Crippen LogP contribution >= 0.6 is 15.9 Å². The third-order valence-electron chi connectivity index (χ3n) is 5.46. The number of hydrogen-bond donors (Lipinski definition) is 1. The fourth-order valence-electron chi connectivity index (χ4n) is 4.51. The molecule has 0 radical (unpaired) electrons. The molecule has 3 heteroatoms. The molecular weight excluding hydrogens is 302 g/mol. The molecule has 2 nitrogen and oxygen atoms in total. The van der Waals surface area contributed by atoms with Crippen molar-refractivity contribution in [2.45, 2.75) is 19.3 Å². The van der Waals surface area contributed by atoms with Gasteiger partial charge in [0, 0.05) is 16.6 Å². The van der Waals surface area contributed by atoms with Crippen LogP contribution in [0.3, 0.4) is 0 Å². The molecule has 3 fully saturated rings. The highest BCUT2D eigenvalue weighted by Crippen LogP contribution is 2.67. The van der Waals surface area contributed by atoms with Gasteiger partial charge in [0.25, 0.3) is 5.91 Å². The van der Waals surface area contributed by atoms with E-state index in [-0.39, 0.29) is 5.91 Å². The second-order valence-electron chi connectivity index (χ2n) is 6.44. The first-order valence-corrected chi connectivity index (χ1v) is 8.05. The lowest BCUT2D eigenvalue weighted by Crippen LogP contribution is -2.32. The second kappa shape index (κ2) is 4.34. The van der Waals surface area contributed by atoms with Crippen molar-refractivity contribution in [1.82, 2.24) is 5.32 Å². The minimum absolute atomic E-state index is 0.0719. The zero-order chi connectivity index (χ0) is 13.0. The van der Waals surface area contributed by atoms with Crippen LogP contribution in [-0.4, -0.2) is 12.5 Å². The van der Waals surface area contributed by atoms with E-state index in [1.807, 2.05) is 24.3 Å². The molecule has 1 amide bonds. The lowest BCUT2D eigenvalue weighted by Gasteiger charge is -2.21. The molecule has 3 saturated carbocycles. The Bertz CT molecular complexity index is 512. The first kappa shape index (κ1) is 12.0. The number of rotatable bonds is 3. The quantitative estimate of drug-likeness (QED) is 0.908. The normalized spacial score (nSPS) is 38.1. The Morgan fingerprint density at radius 2 is 1.89 bits per heavy atom. The molecule has 3 aliphatic carbocycles. The van der Waals surface area contributed by atoms with Crippen LogP contribution in [0.2, 0.25) is 0 Å². The molecule has 1 N–H and O–H groups in total. The van der Waals surface area contributed by atoms with Gasteiger partial charge in [-0.25, -0.2) is 0 Å². The van der Waals surface area contributed by atoms with Crippen molar-refractivity contribution in [3.63, 3.8) is 0 Å². The highest BCUT2D eigenvalue weighted by Gasteiger charge is 2.60. The molecule has 100 valence electrons. The van der Waals surface area contributed by atoms with Crippen LogP contribution in [0, 0.1) is 29.6 Å². The number of amides is 1. The molecule has 5 atom stereocenters. The fourth-order valence-corrected chi connectivity index (χ4v) is 4.77. The van der Waals surface area contributed by atoms with Crippen molar-refractivity contribution < 1.29 is 4.79 Å². The Morgan fingerprint density at radius 1 is 1.11 bits per heavy atom. The fraction of sp³-hybridized carbons (Fsp3) is 0.562. The summed E-state index contributed by atoms with van der Waals surface area (Å²) in [6.45, 7) is 0.874. The third kappa shape index (κ3) is 2.03. The van der Waals surface area contributed by atoms with E-state index in [4.69, 9.17) is 0 Å². The van der Waals surface area contributed by atoms with Gasteiger partial charge in [0.2, 0.25) is 0 Å². The van der Waals surface area contributed by atoms with Crippen molar-refractivity contribution in [1.29, 1.82) is 0 Å². The van der Waals surface area contributed by atoms with E-state index in [1.54, 1.807) is 0 Å². The Hall–Kier alpha value is -0.830. The monoisotopic (exact) mass is 319 g/mol. The number of nitrogens with one attached hydrogen (secondary N) is 1. The Morgan fingerprint density at radius 3 is 2.58 bits per heavy atom. The van der Waals surface area contributed by atoms with Crippen LogP contribution in [0.1, 0.15) is 29.6 Å². The van der Waals surface area contributed by atoms with Gasteiger partial charge in [0.15, 0.2) is 0 Å². The van der Waals surface area contributed by atoms with Gasteiger partial charge in [-0.1, -0.05) is 15.9 Å². The molecule has 0 saturated heterocycles. The third-order valence-corrected chi connectivity index (χ3v) is 5.99. The van der Waals surface area contributed by atoms with Crippen LogP contribution in [0.25, 0.3) is 0 Å². The van der Waals surface area contributed by atoms with Crippen LogP contribution in [-0.2, 0) is 0 Å². The summed E-state index contributed by atoms with van der Waals surface area (Å²) in [6.07, 6.45) is 4.27. The molecule has 0 aromatic heterocycles. The SMILES string of the molecule is O=C(NC[C@@H]1C[C@H]2C[C@H]1[C@H]1C[C@H]21)c1ccc(Br)cc1. The van der Waals surface area contributed by atoms with E-state index in [0.717, 1.165) is 46.2 Å². The van der Waals surface area contributed by atoms with Gasteiger partial charge >= 0.3 is 0 Å². The second-order valence-corrected chi connectivity index (χ2v) is 7.35. The van der Waals surface area contributed by atoms with Gasteiger partial charge in [-0.2, -0.15) is 0 Å². The maximum absolute atomic E-state index is 12.1. The molecule has 0 aliphatic heterocycles. The van der Waals surface area contributed by atoms with E-state index in [2.05, 4.69) is 21.2 Å². The summed E-state index contributed by atoms with van der Waals surface area (Å²) in [5.74, 6) is 4.82. The molecule has 0 unspecified atom stereocenters. The highest BCUT2D eigenvalue weighted by molar-refractivity contribution is 9.10. The number of fused-ring (bicyclic) bond motifs is 5. The van der Waals surface area contributed by atoms with Crippen molar-refractivity contribution in [3.05, 3.63) is 34.3 Å². The average Bonchev–Trinajstić information content (AvgIpc) is 3.03. The first-order valence-electron chi connectivity index (χ1n) is 7.26. The van der Waals surface area contributed by atoms with E-state index in [9.17, 15) is 4.79 Å². The smallest absolute Gasteiger partial charge is 0.251 e. The number of hydrogen-bond acceptors (Lipinski definition) is 1. The molecule has 3 aliphatic rings. The van der Waals surface area contributed by atoms with Gasteiger partial charge in [-0.3, -0.25) is 4.79 Å². The van der Waals surface area contributed by atoms with Crippen LogP contribution in [0.15, 0.2) is 28.7 Å². The topological polar surface area (TPSA) is 29.1 Å². The Kier molecular flexibility index (Phi) is 2.73. The largest absolute Gasteiger partial charge is 0.352 e. The maximum atomic E-state index is 12.1. The highest BCUT2D eigenvalue weighted by atomic mass is 79.9. The van der Waals surface area contributed by atoms with Crippen LogP contribution in [0.4, 0.5) is 0 Å². The predicted molar refractivity (Wildman–Crippen MR) is 77.8 cm³/mol. The summed E-state index contributed by atoms with van der Waals surface area (Å²) >= 11 is 3.39. The molecule has 1 aromatic rings. The molecule has 4 rings (SSSR count). The number of carbonyl (C=O) groups excluding carboxylic acids is 1. The van der Waals surface area contributed by atoms with E-state index >= 15 is 0 Å². The number of halogens is 1. The number of benzene rings is 1. The minimum Gasteiger partial charge on any atom is -0.352 e. The first-order chi connectivity index (χ1) is 9.22. The average molecular weight is 320 g/mol. The molecule has 19 heavy (non-hydrogen) atoms. The van der Waals surface area contributed by atoms with Crippen LogP contribution < -0.4 is 5.32 Å². The lowest BCUT2D eigenvalue weighted by molar-refractivity contribution is 0.0941. The molecular formula is C16H18BrNO. The maximum Gasteiger partial charge on any atom is 0.251 e. The summed E-state index contributed by atoms with van der Waals surface area (Å²) in [7, 11) is 0. The number of carbonyl (C=O) groups is 1. The summed E-state index contributed by atoms with van der Waals surface area (Å²) in [6, 6.07) is 7.58. The molecule has 1 aromatic carbocycles. The van der Waals surface area contributed by atoms with Gasteiger partial charge in [0.05, 0.1) is 0 Å². The van der Waals surface area contributed by atoms with Gasteiger partial charge in [0.1, 0.15) is 0 Å². The van der Waals surface area contributed by atoms with Crippen LogP contribution in [0.5, 0.6) is 0 Å². The van der Waals surface area contributed by atoms with E-state index in [0.29, 0.717) is 0 Å². The Labute approximate surface area is 122 Å². The van der Waals surface area contributed by atoms with Crippen molar-refractivity contribution in [2.75, 3.05) is 6.54 Å². The van der Waals surface area contributed by atoms with Gasteiger partial charge in [-0.15, -0.1) is 0 Å². The van der Waals surface area contributed by atoms with Gasteiger partial charge < -0.3 is 5.32 Å². The summed E-state index contributed by atoms with van der Waals surface area (Å²) < 4.78 is 1.01.